The van der Waals surface area contributed by atoms with E-state index in [1.165, 1.54) is 11.8 Å². The first kappa shape index (κ1) is 21.6. The SMILES string of the molecule is Cc1ccc(Nc2ccc(Br)cc2/C=N\NC(=O)C(=O)NCCC(C)C)cc1. The second-order valence-electron chi connectivity index (χ2n) is 6.86. The lowest BCUT2D eigenvalue weighted by molar-refractivity contribution is -0.139. The zero-order chi connectivity index (χ0) is 20.5. The monoisotopic (exact) mass is 444 g/mol. The molecule has 2 aromatic carbocycles. The fourth-order valence-corrected chi connectivity index (χ4v) is 2.69. The van der Waals surface area contributed by atoms with Crippen molar-refractivity contribution in [3.8, 4) is 0 Å². The van der Waals surface area contributed by atoms with Gasteiger partial charge >= 0.3 is 11.8 Å². The van der Waals surface area contributed by atoms with Crippen molar-refractivity contribution in [2.75, 3.05) is 11.9 Å². The van der Waals surface area contributed by atoms with Crippen molar-refractivity contribution in [3.05, 3.63) is 58.1 Å². The average molecular weight is 445 g/mol. The molecule has 28 heavy (non-hydrogen) atoms. The van der Waals surface area contributed by atoms with Gasteiger partial charge < -0.3 is 10.6 Å². The molecule has 3 N–H and O–H groups in total. The van der Waals surface area contributed by atoms with Crippen molar-refractivity contribution in [2.24, 2.45) is 11.0 Å². The molecule has 0 fully saturated rings. The maximum atomic E-state index is 11.8. The number of nitrogens with one attached hydrogen (secondary N) is 3. The highest BCUT2D eigenvalue weighted by molar-refractivity contribution is 9.10. The summed E-state index contributed by atoms with van der Waals surface area (Å²) in [6, 6.07) is 13.7. The van der Waals surface area contributed by atoms with Crippen molar-refractivity contribution in [2.45, 2.75) is 27.2 Å². The van der Waals surface area contributed by atoms with Gasteiger partial charge in [0, 0.05) is 28.0 Å². The van der Waals surface area contributed by atoms with E-state index in [-0.39, 0.29) is 0 Å². The van der Waals surface area contributed by atoms with Gasteiger partial charge in [-0.2, -0.15) is 5.10 Å². The molecule has 0 aromatic heterocycles. The standard InChI is InChI=1S/C21H25BrN4O2/c1-14(2)10-11-23-20(27)21(28)26-24-13-16-12-17(22)6-9-19(16)25-18-7-4-15(3)5-8-18/h4-9,12-14,25H,10-11H2,1-3H3,(H,23,27)(H,26,28)/b24-13-. The quantitative estimate of drug-likeness (QED) is 0.341. The molecule has 0 bridgehead atoms. The van der Waals surface area contributed by atoms with E-state index >= 15 is 0 Å². The number of carbonyl (C=O) groups excluding carboxylic acids is 2. The van der Waals surface area contributed by atoms with E-state index in [1.807, 2.05) is 49.4 Å². The van der Waals surface area contributed by atoms with Gasteiger partial charge in [-0.1, -0.05) is 47.5 Å². The maximum Gasteiger partial charge on any atom is 0.329 e. The molecule has 0 aliphatic heterocycles. The smallest absolute Gasteiger partial charge is 0.329 e. The number of amides is 2. The van der Waals surface area contributed by atoms with Gasteiger partial charge in [-0.05, 0) is 49.6 Å². The summed E-state index contributed by atoms with van der Waals surface area (Å²) in [6.45, 7) is 6.60. The number of anilines is 2. The number of aryl methyl sites for hydroxylation is 1. The van der Waals surface area contributed by atoms with Gasteiger partial charge in [0.2, 0.25) is 0 Å². The van der Waals surface area contributed by atoms with Gasteiger partial charge in [0.05, 0.1) is 6.21 Å². The highest BCUT2D eigenvalue weighted by Crippen LogP contribution is 2.23. The fraction of sp³-hybridized carbons (Fsp3) is 0.286. The second kappa shape index (κ2) is 10.6. The summed E-state index contributed by atoms with van der Waals surface area (Å²) in [6.07, 6.45) is 2.31. The Balaban J connectivity index is 2.00. The third-order valence-electron chi connectivity index (χ3n) is 3.93. The molecule has 0 radical (unpaired) electrons. The molecule has 0 spiro atoms. The molecule has 0 unspecified atom stereocenters. The molecule has 2 aromatic rings. The van der Waals surface area contributed by atoms with Crippen LogP contribution in [-0.2, 0) is 9.59 Å². The molecular formula is C21H25BrN4O2. The largest absolute Gasteiger partial charge is 0.355 e. The van der Waals surface area contributed by atoms with Gasteiger partial charge in [-0.3, -0.25) is 9.59 Å². The van der Waals surface area contributed by atoms with Gasteiger partial charge in [0.1, 0.15) is 0 Å². The Bertz CT molecular complexity index is 848. The molecule has 0 aliphatic carbocycles. The zero-order valence-electron chi connectivity index (χ0n) is 16.3. The molecular weight excluding hydrogens is 420 g/mol. The third-order valence-corrected chi connectivity index (χ3v) is 4.42. The molecule has 0 saturated carbocycles. The Hall–Kier alpha value is -2.67. The molecule has 2 rings (SSSR count). The maximum absolute atomic E-state index is 11.8. The number of rotatable bonds is 7. The first-order chi connectivity index (χ1) is 13.3. The topological polar surface area (TPSA) is 82.6 Å². The van der Waals surface area contributed by atoms with E-state index in [9.17, 15) is 9.59 Å². The molecule has 7 heteroatoms. The minimum Gasteiger partial charge on any atom is -0.355 e. The first-order valence-corrected chi connectivity index (χ1v) is 9.89. The van der Waals surface area contributed by atoms with Gasteiger partial charge in [0.25, 0.3) is 0 Å². The average Bonchev–Trinajstić information content (AvgIpc) is 2.65. The molecule has 148 valence electrons. The highest BCUT2D eigenvalue weighted by Gasteiger charge is 2.12. The van der Waals surface area contributed by atoms with E-state index in [0.717, 1.165) is 27.8 Å². The van der Waals surface area contributed by atoms with Crippen LogP contribution in [0.15, 0.2) is 52.0 Å². The summed E-state index contributed by atoms with van der Waals surface area (Å²) in [5.41, 5.74) is 5.97. The molecule has 2 amide bonds. The van der Waals surface area contributed by atoms with Crippen molar-refractivity contribution >= 4 is 45.3 Å². The Morgan fingerprint density at radius 1 is 1.11 bits per heavy atom. The Morgan fingerprint density at radius 2 is 1.82 bits per heavy atom. The Kier molecular flexibility index (Phi) is 8.19. The van der Waals surface area contributed by atoms with E-state index in [0.29, 0.717) is 12.5 Å². The van der Waals surface area contributed by atoms with Crippen LogP contribution in [0.25, 0.3) is 0 Å². The Morgan fingerprint density at radius 3 is 2.50 bits per heavy atom. The molecule has 0 heterocycles. The summed E-state index contributed by atoms with van der Waals surface area (Å²) < 4.78 is 0.876. The van der Waals surface area contributed by atoms with E-state index in [1.54, 1.807) is 0 Å². The van der Waals surface area contributed by atoms with Crippen LogP contribution in [-0.4, -0.2) is 24.6 Å². The van der Waals surface area contributed by atoms with Gasteiger partial charge in [-0.15, -0.1) is 0 Å². The minimum atomic E-state index is -0.789. The van der Waals surface area contributed by atoms with Crippen LogP contribution < -0.4 is 16.1 Å². The van der Waals surface area contributed by atoms with E-state index in [2.05, 4.69) is 50.9 Å². The minimum absolute atomic E-state index is 0.456. The Labute approximate surface area is 173 Å². The van der Waals surface area contributed by atoms with Crippen LogP contribution >= 0.6 is 15.9 Å². The van der Waals surface area contributed by atoms with Crippen molar-refractivity contribution < 1.29 is 9.59 Å². The summed E-state index contributed by atoms with van der Waals surface area (Å²) in [7, 11) is 0. The summed E-state index contributed by atoms with van der Waals surface area (Å²) in [5, 5.41) is 9.81. The number of halogens is 1. The van der Waals surface area contributed by atoms with Crippen molar-refractivity contribution in [3.63, 3.8) is 0 Å². The lowest BCUT2D eigenvalue weighted by Gasteiger charge is -2.10. The van der Waals surface area contributed by atoms with E-state index in [4.69, 9.17) is 0 Å². The summed E-state index contributed by atoms with van der Waals surface area (Å²) >= 11 is 3.43. The normalized spacial score (nSPS) is 10.9. The predicted octanol–water partition coefficient (Wildman–Crippen LogP) is 4.11. The van der Waals surface area contributed by atoms with Gasteiger partial charge in [-0.25, -0.2) is 5.43 Å². The third kappa shape index (κ3) is 7.15. The van der Waals surface area contributed by atoms with Crippen LogP contribution in [0.5, 0.6) is 0 Å². The van der Waals surface area contributed by atoms with Crippen LogP contribution in [0.2, 0.25) is 0 Å². The summed E-state index contributed by atoms with van der Waals surface area (Å²) in [5.74, 6) is -1.02. The number of hydrogen-bond acceptors (Lipinski definition) is 4. The number of hydrazone groups is 1. The highest BCUT2D eigenvalue weighted by atomic mass is 79.9. The molecule has 0 aliphatic rings. The fourth-order valence-electron chi connectivity index (χ4n) is 2.31. The first-order valence-electron chi connectivity index (χ1n) is 9.09. The lowest BCUT2D eigenvalue weighted by Crippen LogP contribution is -2.38. The van der Waals surface area contributed by atoms with Crippen LogP contribution in [0, 0.1) is 12.8 Å². The zero-order valence-corrected chi connectivity index (χ0v) is 17.8. The summed E-state index contributed by atoms with van der Waals surface area (Å²) in [4.78, 5) is 23.6. The van der Waals surface area contributed by atoms with Crippen LogP contribution in [0.3, 0.4) is 0 Å². The number of hydrogen-bond donors (Lipinski definition) is 3. The predicted molar refractivity (Wildman–Crippen MR) is 117 cm³/mol. The van der Waals surface area contributed by atoms with Crippen molar-refractivity contribution in [1.82, 2.24) is 10.7 Å². The van der Waals surface area contributed by atoms with Crippen molar-refractivity contribution in [1.29, 1.82) is 0 Å². The molecule has 6 nitrogen and oxygen atoms in total. The second-order valence-corrected chi connectivity index (χ2v) is 7.78. The van der Waals surface area contributed by atoms with Gasteiger partial charge in [0.15, 0.2) is 0 Å². The number of carbonyl (C=O) groups is 2. The molecule has 0 saturated heterocycles. The number of nitrogens with zero attached hydrogens (tertiary/aromatic N) is 1. The lowest BCUT2D eigenvalue weighted by atomic mass is 10.1. The molecule has 0 atom stereocenters. The van der Waals surface area contributed by atoms with Crippen LogP contribution in [0.1, 0.15) is 31.4 Å². The van der Waals surface area contributed by atoms with E-state index < -0.39 is 11.8 Å². The number of benzene rings is 2. The van der Waals surface area contributed by atoms with Crippen LogP contribution in [0.4, 0.5) is 11.4 Å².